The Bertz CT molecular complexity index is 224. The number of rotatable bonds is 8. The van der Waals surface area contributed by atoms with Gasteiger partial charge in [0.2, 0.25) is 0 Å². The molecule has 0 aliphatic carbocycles. The van der Waals surface area contributed by atoms with Crippen LogP contribution in [0.1, 0.15) is 26.7 Å². The zero-order chi connectivity index (χ0) is 13.3. The van der Waals surface area contributed by atoms with E-state index in [-0.39, 0.29) is 11.9 Å². The molecule has 0 rings (SSSR count). The molecule has 0 radical (unpaired) electrons. The predicted molar refractivity (Wildman–Crippen MR) is 75.6 cm³/mol. The van der Waals surface area contributed by atoms with E-state index >= 15 is 0 Å². The Morgan fingerprint density at radius 1 is 1.00 bits per heavy atom. The fraction of sp³-hybridized carbons (Fsp3) is 0.800. The van der Waals surface area contributed by atoms with E-state index in [1.54, 1.807) is 13.8 Å². The minimum Gasteiger partial charge on any atom is -0.451 e. The van der Waals surface area contributed by atoms with Crippen LogP contribution in [0.25, 0.3) is 0 Å². The number of thiol groups is 2. The highest BCUT2D eigenvalue weighted by molar-refractivity contribution is 8.00. The molecule has 0 aromatic carbocycles. The van der Waals surface area contributed by atoms with Crippen molar-refractivity contribution in [3.63, 3.8) is 0 Å². The standard InChI is InChI=1S/C10H18O4S3/c1-3-7(11)13-9(15)5-17-6-10(16)14-8(12)4-2/h9-10,15-16H,3-6H2,1-2H3. The second kappa shape index (κ2) is 9.96. The molecular weight excluding hydrogens is 280 g/mol. The average Bonchev–Trinajstić information content (AvgIpc) is 2.28. The van der Waals surface area contributed by atoms with Crippen LogP contribution in [0.3, 0.4) is 0 Å². The number of esters is 2. The van der Waals surface area contributed by atoms with E-state index in [0.717, 1.165) is 0 Å². The Morgan fingerprint density at radius 2 is 1.35 bits per heavy atom. The van der Waals surface area contributed by atoms with Crippen LogP contribution in [-0.4, -0.2) is 34.3 Å². The van der Waals surface area contributed by atoms with Crippen LogP contribution in [-0.2, 0) is 19.1 Å². The minimum absolute atomic E-state index is 0.273. The summed E-state index contributed by atoms with van der Waals surface area (Å²) in [5.74, 6) is 0.529. The second-order valence-corrected chi connectivity index (χ2v) is 5.36. The largest absolute Gasteiger partial charge is 0.451 e. The van der Waals surface area contributed by atoms with Crippen molar-refractivity contribution < 1.29 is 19.1 Å². The Labute approximate surface area is 117 Å². The first-order valence-corrected chi connectivity index (χ1v) is 7.51. The van der Waals surface area contributed by atoms with Gasteiger partial charge in [0.05, 0.1) is 0 Å². The molecule has 0 aliphatic rings. The lowest BCUT2D eigenvalue weighted by Gasteiger charge is -2.14. The summed E-state index contributed by atoms with van der Waals surface area (Å²) in [6.45, 7) is 3.45. The van der Waals surface area contributed by atoms with Crippen molar-refractivity contribution in [1.29, 1.82) is 0 Å². The van der Waals surface area contributed by atoms with Crippen LogP contribution < -0.4 is 0 Å². The lowest BCUT2D eigenvalue weighted by atomic mass is 10.5. The highest BCUT2D eigenvalue weighted by Crippen LogP contribution is 2.14. The first kappa shape index (κ1) is 17.0. The van der Waals surface area contributed by atoms with Gasteiger partial charge in [0.15, 0.2) is 10.9 Å². The van der Waals surface area contributed by atoms with E-state index < -0.39 is 10.9 Å². The lowest BCUT2D eigenvalue weighted by Crippen LogP contribution is -2.17. The lowest BCUT2D eigenvalue weighted by molar-refractivity contribution is -0.144. The molecule has 7 heteroatoms. The second-order valence-electron chi connectivity index (χ2n) is 3.13. The molecule has 100 valence electrons. The normalized spacial score (nSPS) is 13.9. The molecule has 2 unspecified atom stereocenters. The third kappa shape index (κ3) is 9.67. The molecule has 2 atom stereocenters. The van der Waals surface area contributed by atoms with Crippen LogP contribution >= 0.6 is 37.0 Å². The molecule has 0 aliphatic heterocycles. The van der Waals surface area contributed by atoms with Crippen LogP contribution in [0.15, 0.2) is 0 Å². The smallest absolute Gasteiger partial charge is 0.306 e. The molecule has 0 bridgehead atoms. The van der Waals surface area contributed by atoms with Gasteiger partial charge < -0.3 is 9.47 Å². The van der Waals surface area contributed by atoms with Crippen molar-refractivity contribution in [2.24, 2.45) is 0 Å². The molecule has 0 fully saturated rings. The molecule has 0 spiro atoms. The van der Waals surface area contributed by atoms with Crippen LogP contribution in [0.4, 0.5) is 0 Å². The molecular formula is C10H18O4S3. The Morgan fingerprint density at radius 3 is 1.65 bits per heavy atom. The van der Waals surface area contributed by atoms with Gasteiger partial charge in [-0.25, -0.2) is 0 Å². The maximum absolute atomic E-state index is 10.9. The molecule has 0 saturated carbocycles. The molecule has 0 heterocycles. The zero-order valence-corrected chi connectivity index (χ0v) is 12.5. The highest BCUT2D eigenvalue weighted by atomic mass is 32.2. The van der Waals surface area contributed by atoms with Crippen LogP contribution in [0.2, 0.25) is 0 Å². The molecule has 4 nitrogen and oxygen atoms in total. The Kier molecular flexibility index (Phi) is 9.96. The number of hydrogen-bond donors (Lipinski definition) is 2. The fourth-order valence-electron chi connectivity index (χ4n) is 0.808. The molecule has 0 N–H and O–H groups in total. The van der Waals surface area contributed by atoms with Crippen molar-refractivity contribution in [2.75, 3.05) is 11.5 Å². The number of carbonyl (C=O) groups is 2. The minimum atomic E-state index is -0.435. The zero-order valence-electron chi connectivity index (χ0n) is 9.92. The summed E-state index contributed by atoms with van der Waals surface area (Å²) in [4.78, 5) is 21.9. The highest BCUT2D eigenvalue weighted by Gasteiger charge is 2.12. The van der Waals surface area contributed by atoms with Gasteiger partial charge in [-0.2, -0.15) is 11.8 Å². The molecule has 17 heavy (non-hydrogen) atoms. The molecule has 0 amide bonds. The van der Waals surface area contributed by atoms with Crippen LogP contribution in [0.5, 0.6) is 0 Å². The summed E-state index contributed by atoms with van der Waals surface area (Å²) < 4.78 is 9.91. The van der Waals surface area contributed by atoms with Crippen molar-refractivity contribution in [3.05, 3.63) is 0 Å². The number of carbonyl (C=O) groups excluding carboxylic acids is 2. The summed E-state index contributed by atoms with van der Waals surface area (Å²) >= 11 is 9.70. The third-order valence-electron chi connectivity index (χ3n) is 1.63. The maximum Gasteiger partial charge on any atom is 0.306 e. The summed E-state index contributed by atoms with van der Waals surface area (Å²) in [6.07, 6.45) is 0.677. The molecule has 0 saturated heterocycles. The SMILES string of the molecule is CCC(=O)OC(S)CSCC(S)OC(=O)CC. The predicted octanol–water partition coefficient (Wildman–Crippen LogP) is 2.14. The summed E-state index contributed by atoms with van der Waals surface area (Å²) in [6, 6.07) is 0. The van der Waals surface area contributed by atoms with Crippen molar-refractivity contribution >= 4 is 49.0 Å². The first-order valence-electron chi connectivity index (χ1n) is 5.32. The Balaban J connectivity index is 3.61. The van der Waals surface area contributed by atoms with Gasteiger partial charge in [0.25, 0.3) is 0 Å². The van der Waals surface area contributed by atoms with Gasteiger partial charge >= 0.3 is 11.9 Å². The molecule has 0 aromatic heterocycles. The maximum atomic E-state index is 10.9. The van der Waals surface area contributed by atoms with Gasteiger partial charge in [-0.15, -0.1) is 25.3 Å². The van der Waals surface area contributed by atoms with E-state index in [1.165, 1.54) is 11.8 Å². The van der Waals surface area contributed by atoms with E-state index in [2.05, 4.69) is 25.3 Å². The van der Waals surface area contributed by atoms with E-state index in [1.807, 2.05) is 0 Å². The first-order chi connectivity index (χ1) is 7.99. The quantitative estimate of drug-likeness (QED) is 0.408. The summed E-state index contributed by atoms with van der Waals surface area (Å²) in [5.41, 5.74) is -0.871. The molecule has 0 aromatic rings. The number of thioether (sulfide) groups is 1. The monoisotopic (exact) mass is 298 g/mol. The van der Waals surface area contributed by atoms with Crippen molar-refractivity contribution in [1.82, 2.24) is 0 Å². The number of hydrogen-bond acceptors (Lipinski definition) is 7. The van der Waals surface area contributed by atoms with Gasteiger partial charge in [0.1, 0.15) is 0 Å². The van der Waals surface area contributed by atoms with Gasteiger partial charge in [-0.3, -0.25) is 9.59 Å². The van der Waals surface area contributed by atoms with Gasteiger partial charge in [-0.05, 0) is 0 Å². The van der Waals surface area contributed by atoms with E-state index in [4.69, 9.17) is 9.47 Å². The topological polar surface area (TPSA) is 52.6 Å². The summed E-state index contributed by atoms with van der Waals surface area (Å²) in [5, 5.41) is 0. The average molecular weight is 298 g/mol. The fourth-order valence-corrected chi connectivity index (χ4v) is 2.35. The van der Waals surface area contributed by atoms with Gasteiger partial charge in [0, 0.05) is 24.3 Å². The van der Waals surface area contributed by atoms with E-state index in [9.17, 15) is 9.59 Å². The van der Waals surface area contributed by atoms with Crippen LogP contribution in [0, 0.1) is 0 Å². The van der Waals surface area contributed by atoms with Gasteiger partial charge in [-0.1, -0.05) is 13.8 Å². The van der Waals surface area contributed by atoms with Crippen molar-refractivity contribution in [3.8, 4) is 0 Å². The number of ether oxygens (including phenoxy) is 2. The Hall–Kier alpha value is -0.0100. The summed E-state index contributed by atoms with van der Waals surface area (Å²) in [7, 11) is 0. The van der Waals surface area contributed by atoms with E-state index in [0.29, 0.717) is 24.3 Å². The van der Waals surface area contributed by atoms with Crippen molar-refractivity contribution in [2.45, 2.75) is 37.6 Å². The third-order valence-corrected chi connectivity index (χ3v) is 3.78.